The van der Waals surface area contributed by atoms with Crippen LogP contribution in [-0.4, -0.2) is 27.3 Å². The fourth-order valence-corrected chi connectivity index (χ4v) is 2.99. The van der Waals surface area contributed by atoms with Crippen molar-refractivity contribution in [3.05, 3.63) is 95.8 Å². The summed E-state index contributed by atoms with van der Waals surface area (Å²) in [5.74, 6) is -0.788. The first-order valence-electron chi connectivity index (χ1n) is 8.20. The van der Waals surface area contributed by atoms with E-state index in [1.807, 2.05) is 35.2 Å². The zero-order valence-corrected chi connectivity index (χ0v) is 14.1. The standard InChI is InChI=1S/C20H19FN4O/c21-18-5-1-3-16(11-18)20(17-4-2-8-24-12-17)25(14-19(22)26)13-15-6-9-23-10-7-15/h1-12,20H,13-14H2,(H2,22,26). The van der Waals surface area contributed by atoms with Gasteiger partial charge < -0.3 is 5.73 Å². The van der Waals surface area contributed by atoms with Crippen molar-refractivity contribution in [1.29, 1.82) is 0 Å². The molecule has 1 aromatic carbocycles. The van der Waals surface area contributed by atoms with E-state index in [0.29, 0.717) is 6.54 Å². The summed E-state index contributed by atoms with van der Waals surface area (Å²) in [4.78, 5) is 21.8. The van der Waals surface area contributed by atoms with E-state index >= 15 is 0 Å². The maximum atomic E-state index is 13.9. The molecule has 0 aliphatic heterocycles. The Bertz CT molecular complexity index is 858. The lowest BCUT2D eigenvalue weighted by atomic mass is 9.97. The molecule has 0 aliphatic carbocycles. The number of amides is 1. The first kappa shape index (κ1) is 17.7. The zero-order chi connectivity index (χ0) is 18.4. The van der Waals surface area contributed by atoms with E-state index in [1.54, 1.807) is 30.9 Å². The fraction of sp³-hybridized carbons (Fsp3) is 0.150. The van der Waals surface area contributed by atoms with Gasteiger partial charge in [0.2, 0.25) is 5.91 Å². The molecule has 2 aromatic heterocycles. The number of pyridine rings is 2. The molecule has 0 saturated heterocycles. The van der Waals surface area contributed by atoms with Crippen LogP contribution in [0.3, 0.4) is 0 Å². The Morgan fingerprint density at radius 1 is 1.04 bits per heavy atom. The predicted octanol–water partition coefficient (Wildman–Crippen LogP) is 2.69. The summed E-state index contributed by atoms with van der Waals surface area (Å²) >= 11 is 0. The summed E-state index contributed by atoms with van der Waals surface area (Å²) in [5.41, 5.74) is 8.05. The third-order valence-electron chi connectivity index (χ3n) is 4.02. The zero-order valence-electron chi connectivity index (χ0n) is 14.1. The van der Waals surface area contributed by atoms with Crippen LogP contribution >= 0.6 is 0 Å². The van der Waals surface area contributed by atoms with E-state index < -0.39 is 5.91 Å². The Morgan fingerprint density at radius 2 is 1.81 bits per heavy atom. The third kappa shape index (κ3) is 4.49. The largest absolute Gasteiger partial charge is 0.369 e. The first-order chi connectivity index (χ1) is 12.6. The summed E-state index contributed by atoms with van der Waals surface area (Å²) in [5, 5.41) is 0. The minimum Gasteiger partial charge on any atom is -0.369 e. The maximum Gasteiger partial charge on any atom is 0.231 e. The molecular weight excluding hydrogens is 331 g/mol. The second-order valence-electron chi connectivity index (χ2n) is 5.97. The van der Waals surface area contributed by atoms with Crippen LogP contribution in [0.1, 0.15) is 22.7 Å². The van der Waals surface area contributed by atoms with E-state index in [9.17, 15) is 9.18 Å². The smallest absolute Gasteiger partial charge is 0.231 e. The molecule has 0 spiro atoms. The van der Waals surface area contributed by atoms with E-state index in [2.05, 4.69) is 9.97 Å². The number of hydrogen-bond donors (Lipinski definition) is 1. The highest BCUT2D eigenvalue weighted by atomic mass is 19.1. The van der Waals surface area contributed by atoms with Crippen molar-refractivity contribution in [2.24, 2.45) is 5.73 Å². The van der Waals surface area contributed by atoms with E-state index in [4.69, 9.17) is 5.73 Å². The van der Waals surface area contributed by atoms with Gasteiger partial charge >= 0.3 is 0 Å². The van der Waals surface area contributed by atoms with Crippen LogP contribution in [0.15, 0.2) is 73.3 Å². The number of rotatable bonds is 7. The second kappa shape index (κ2) is 8.31. The van der Waals surface area contributed by atoms with Gasteiger partial charge in [-0.05, 0) is 47.0 Å². The highest BCUT2D eigenvalue weighted by Crippen LogP contribution is 2.29. The lowest BCUT2D eigenvalue weighted by molar-refractivity contribution is -0.119. The van der Waals surface area contributed by atoms with Crippen LogP contribution in [0.2, 0.25) is 0 Å². The van der Waals surface area contributed by atoms with E-state index in [0.717, 1.165) is 16.7 Å². The molecule has 1 unspecified atom stereocenters. The second-order valence-corrected chi connectivity index (χ2v) is 5.97. The molecule has 5 nitrogen and oxygen atoms in total. The van der Waals surface area contributed by atoms with Crippen molar-refractivity contribution in [2.75, 3.05) is 6.54 Å². The molecule has 1 amide bonds. The maximum absolute atomic E-state index is 13.9. The van der Waals surface area contributed by atoms with Gasteiger partial charge in [-0.2, -0.15) is 0 Å². The normalized spacial score (nSPS) is 12.1. The molecule has 2 N–H and O–H groups in total. The molecular formula is C20H19FN4O. The Labute approximate surface area is 151 Å². The van der Waals surface area contributed by atoms with Gasteiger partial charge in [-0.3, -0.25) is 19.7 Å². The van der Waals surface area contributed by atoms with Gasteiger partial charge in [0.05, 0.1) is 12.6 Å². The highest BCUT2D eigenvalue weighted by molar-refractivity contribution is 5.76. The van der Waals surface area contributed by atoms with Crippen LogP contribution in [0, 0.1) is 5.82 Å². The van der Waals surface area contributed by atoms with Gasteiger partial charge in [0.25, 0.3) is 0 Å². The number of carbonyl (C=O) groups excluding carboxylic acids is 1. The van der Waals surface area contributed by atoms with Crippen LogP contribution < -0.4 is 5.73 Å². The fourth-order valence-electron chi connectivity index (χ4n) is 2.99. The van der Waals surface area contributed by atoms with Crippen LogP contribution in [-0.2, 0) is 11.3 Å². The number of nitrogens with zero attached hydrogens (tertiary/aromatic N) is 3. The van der Waals surface area contributed by atoms with Crippen molar-refractivity contribution in [1.82, 2.24) is 14.9 Å². The molecule has 1 atom stereocenters. The number of nitrogens with two attached hydrogens (primary N) is 1. The molecule has 2 heterocycles. The average molecular weight is 350 g/mol. The Kier molecular flexibility index (Phi) is 5.66. The number of carbonyl (C=O) groups is 1. The SMILES string of the molecule is NC(=O)CN(Cc1ccncc1)C(c1cccnc1)c1cccc(F)c1. The lowest BCUT2D eigenvalue weighted by Gasteiger charge is -2.31. The van der Waals surface area contributed by atoms with Gasteiger partial charge in [0, 0.05) is 31.3 Å². The topological polar surface area (TPSA) is 72.1 Å². The van der Waals surface area contributed by atoms with Crippen molar-refractivity contribution in [2.45, 2.75) is 12.6 Å². The van der Waals surface area contributed by atoms with Gasteiger partial charge in [0.1, 0.15) is 5.82 Å². The van der Waals surface area contributed by atoms with Crippen LogP contribution in [0.25, 0.3) is 0 Å². The molecule has 26 heavy (non-hydrogen) atoms. The lowest BCUT2D eigenvalue weighted by Crippen LogP contribution is -2.37. The number of aromatic nitrogens is 2. The minimum atomic E-state index is -0.454. The molecule has 3 rings (SSSR count). The molecule has 3 aromatic rings. The van der Waals surface area contributed by atoms with Gasteiger partial charge in [-0.25, -0.2) is 4.39 Å². The Balaban J connectivity index is 2.04. The van der Waals surface area contributed by atoms with Crippen molar-refractivity contribution in [3.8, 4) is 0 Å². The summed E-state index contributed by atoms with van der Waals surface area (Å²) in [6.45, 7) is 0.486. The highest BCUT2D eigenvalue weighted by Gasteiger charge is 2.24. The minimum absolute atomic E-state index is 0.0262. The molecule has 0 bridgehead atoms. The number of benzene rings is 1. The average Bonchev–Trinajstić information content (AvgIpc) is 2.63. The summed E-state index contributed by atoms with van der Waals surface area (Å²) < 4.78 is 13.9. The van der Waals surface area contributed by atoms with Crippen molar-refractivity contribution >= 4 is 5.91 Å². The summed E-state index contributed by atoms with van der Waals surface area (Å²) in [6, 6.07) is 13.5. The quantitative estimate of drug-likeness (QED) is 0.711. The summed E-state index contributed by atoms with van der Waals surface area (Å²) in [7, 11) is 0. The van der Waals surface area contributed by atoms with Gasteiger partial charge in [0.15, 0.2) is 0 Å². The van der Waals surface area contributed by atoms with Crippen molar-refractivity contribution < 1.29 is 9.18 Å². The third-order valence-corrected chi connectivity index (χ3v) is 4.02. The molecule has 0 aliphatic rings. The Morgan fingerprint density at radius 3 is 2.46 bits per heavy atom. The first-order valence-corrected chi connectivity index (χ1v) is 8.20. The van der Waals surface area contributed by atoms with Gasteiger partial charge in [-0.15, -0.1) is 0 Å². The summed E-state index contributed by atoms with van der Waals surface area (Å²) in [6.07, 6.45) is 6.78. The molecule has 0 radical (unpaired) electrons. The Hall–Kier alpha value is -3.12. The molecule has 132 valence electrons. The molecule has 0 saturated carbocycles. The molecule has 6 heteroatoms. The van der Waals surface area contributed by atoms with Crippen LogP contribution in [0.5, 0.6) is 0 Å². The van der Waals surface area contributed by atoms with Crippen LogP contribution in [0.4, 0.5) is 4.39 Å². The van der Waals surface area contributed by atoms with E-state index in [1.165, 1.54) is 12.1 Å². The molecule has 0 fully saturated rings. The monoisotopic (exact) mass is 350 g/mol. The number of hydrogen-bond acceptors (Lipinski definition) is 4. The van der Waals surface area contributed by atoms with Gasteiger partial charge in [-0.1, -0.05) is 18.2 Å². The number of halogens is 1. The predicted molar refractivity (Wildman–Crippen MR) is 96.3 cm³/mol. The van der Waals surface area contributed by atoms with E-state index in [-0.39, 0.29) is 18.4 Å². The number of primary amides is 1. The van der Waals surface area contributed by atoms with Crippen molar-refractivity contribution in [3.63, 3.8) is 0 Å².